The highest BCUT2D eigenvalue weighted by Crippen LogP contribution is 2.24. The number of carbonyl (C=O) groups excluding carboxylic acids is 2. The van der Waals surface area contributed by atoms with Gasteiger partial charge in [-0.1, -0.05) is 12.1 Å². The molecule has 2 heterocycles. The molecule has 0 spiro atoms. The van der Waals surface area contributed by atoms with E-state index in [2.05, 4.69) is 15.6 Å². The van der Waals surface area contributed by atoms with Crippen molar-refractivity contribution in [3.63, 3.8) is 0 Å². The first kappa shape index (κ1) is 22.0. The first-order valence-corrected chi connectivity index (χ1v) is 11.4. The van der Waals surface area contributed by atoms with E-state index in [-0.39, 0.29) is 11.8 Å². The molecule has 2 aromatic carbocycles. The summed E-state index contributed by atoms with van der Waals surface area (Å²) in [7, 11) is 0. The van der Waals surface area contributed by atoms with Gasteiger partial charge in [0, 0.05) is 48.6 Å². The number of benzene rings is 2. The van der Waals surface area contributed by atoms with Crippen molar-refractivity contribution in [1.82, 2.24) is 15.6 Å². The summed E-state index contributed by atoms with van der Waals surface area (Å²) in [5, 5.41) is 8.73. The van der Waals surface area contributed by atoms with Crippen molar-refractivity contribution in [3.05, 3.63) is 81.3 Å². The van der Waals surface area contributed by atoms with Gasteiger partial charge in [-0.25, -0.2) is 4.98 Å². The van der Waals surface area contributed by atoms with Crippen LogP contribution in [0.4, 0.5) is 0 Å². The predicted molar refractivity (Wildman–Crippen MR) is 122 cm³/mol. The molecule has 0 saturated carbocycles. The summed E-state index contributed by atoms with van der Waals surface area (Å²) in [5.41, 5.74) is 3.01. The Hall–Kier alpha value is -3.23. The molecule has 0 aliphatic carbocycles. The molecule has 1 aliphatic rings. The molecule has 0 unspecified atom stereocenters. The molecule has 2 bridgehead atoms. The van der Waals surface area contributed by atoms with Crippen molar-refractivity contribution < 1.29 is 19.1 Å². The van der Waals surface area contributed by atoms with Crippen LogP contribution in [0.15, 0.2) is 54.0 Å². The third-order valence-electron chi connectivity index (χ3n) is 5.03. The molecule has 166 valence electrons. The van der Waals surface area contributed by atoms with E-state index in [1.807, 2.05) is 35.7 Å². The Morgan fingerprint density at radius 2 is 2.09 bits per heavy atom. The lowest BCUT2D eigenvalue weighted by molar-refractivity contribution is 0.0865. The quantitative estimate of drug-likeness (QED) is 0.637. The Bertz CT molecular complexity index is 1070. The van der Waals surface area contributed by atoms with Crippen LogP contribution in [0.3, 0.4) is 0 Å². The average molecular weight is 452 g/mol. The molecule has 0 saturated heterocycles. The molecule has 7 nitrogen and oxygen atoms in total. The molecule has 0 radical (unpaired) electrons. The maximum absolute atomic E-state index is 12.7. The molecule has 2 amide bonds. The van der Waals surface area contributed by atoms with Gasteiger partial charge >= 0.3 is 0 Å². The highest BCUT2D eigenvalue weighted by atomic mass is 32.1. The van der Waals surface area contributed by atoms with E-state index < -0.39 is 0 Å². The van der Waals surface area contributed by atoms with Gasteiger partial charge in [0.25, 0.3) is 11.8 Å². The summed E-state index contributed by atoms with van der Waals surface area (Å²) in [6.07, 6.45) is 3.00. The summed E-state index contributed by atoms with van der Waals surface area (Å²) in [6, 6.07) is 12.9. The number of nitrogens with one attached hydrogen (secondary N) is 2. The zero-order valence-electron chi connectivity index (χ0n) is 17.6. The fourth-order valence-corrected chi connectivity index (χ4v) is 4.08. The normalized spacial score (nSPS) is 14.4. The molecule has 4 rings (SSSR count). The van der Waals surface area contributed by atoms with Gasteiger partial charge in [0.1, 0.15) is 12.4 Å². The van der Waals surface area contributed by atoms with Gasteiger partial charge in [0.15, 0.2) is 0 Å². The van der Waals surface area contributed by atoms with Crippen LogP contribution >= 0.6 is 11.3 Å². The van der Waals surface area contributed by atoms with Crippen LogP contribution in [0.5, 0.6) is 5.75 Å². The number of carbonyl (C=O) groups is 2. The van der Waals surface area contributed by atoms with Gasteiger partial charge in [-0.15, -0.1) is 11.3 Å². The van der Waals surface area contributed by atoms with Crippen LogP contribution in [-0.4, -0.2) is 49.7 Å². The molecule has 0 fully saturated rings. The van der Waals surface area contributed by atoms with Crippen LogP contribution in [0, 0.1) is 0 Å². The van der Waals surface area contributed by atoms with E-state index >= 15 is 0 Å². The van der Waals surface area contributed by atoms with Crippen molar-refractivity contribution in [1.29, 1.82) is 0 Å². The van der Waals surface area contributed by atoms with Crippen LogP contribution < -0.4 is 15.4 Å². The molecular weight excluding hydrogens is 426 g/mol. The fourth-order valence-electron chi connectivity index (χ4n) is 3.45. The molecule has 2 N–H and O–H groups in total. The van der Waals surface area contributed by atoms with Crippen LogP contribution in [0.25, 0.3) is 0 Å². The lowest BCUT2D eigenvalue weighted by Crippen LogP contribution is -2.28. The molecule has 32 heavy (non-hydrogen) atoms. The summed E-state index contributed by atoms with van der Waals surface area (Å²) in [6.45, 7) is 2.19. The molecule has 8 heteroatoms. The van der Waals surface area contributed by atoms with Crippen molar-refractivity contribution in [2.75, 3.05) is 32.9 Å². The van der Waals surface area contributed by atoms with Gasteiger partial charge in [-0.3, -0.25) is 9.59 Å². The lowest BCUT2D eigenvalue weighted by atomic mass is 9.99. The van der Waals surface area contributed by atoms with Gasteiger partial charge in [-0.2, -0.15) is 0 Å². The van der Waals surface area contributed by atoms with Crippen LogP contribution in [0.1, 0.15) is 36.9 Å². The Morgan fingerprint density at radius 3 is 2.97 bits per heavy atom. The van der Waals surface area contributed by atoms with E-state index in [0.29, 0.717) is 62.6 Å². The molecular formula is C24H25N3O4S. The summed E-state index contributed by atoms with van der Waals surface area (Å²) in [5.74, 6) is 0.442. The number of nitrogens with zero attached hydrogens (tertiary/aromatic N) is 1. The highest BCUT2D eigenvalue weighted by molar-refractivity contribution is 7.09. The number of amides is 2. The SMILES string of the molecule is O=C1NCCOCCOc2ccc(C(=O)NCCc3nccs3)cc2Cc2cccc1c2. The Balaban J connectivity index is 1.53. The summed E-state index contributed by atoms with van der Waals surface area (Å²) < 4.78 is 11.5. The topological polar surface area (TPSA) is 89.5 Å². The van der Waals surface area contributed by atoms with Gasteiger partial charge in [-0.05, 0) is 41.5 Å². The number of fused-ring (bicyclic) bond motifs is 3. The van der Waals surface area contributed by atoms with E-state index in [0.717, 1.165) is 16.1 Å². The summed E-state index contributed by atoms with van der Waals surface area (Å²) >= 11 is 1.58. The lowest BCUT2D eigenvalue weighted by Gasteiger charge is -2.15. The van der Waals surface area contributed by atoms with Gasteiger partial charge in [0.05, 0.1) is 18.2 Å². The predicted octanol–water partition coefficient (Wildman–Crippen LogP) is 2.85. The van der Waals surface area contributed by atoms with E-state index in [1.165, 1.54) is 0 Å². The fraction of sp³-hybridized carbons (Fsp3) is 0.292. The third-order valence-corrected chi connectivity index (χ3v) is 5.87. The highest BCUT2D eigenvalue weighted by Gasteiger charge is 2.13. The maximum Gasteiger partial charge on any atom is 0.251 e. The number of hydrogen-bond donors (Lipinski definition) is 2. The first-order valence-electron chi connectivity index (χ1n) is 10.6. The molecule has 1 aromatic heterocycles. The molecule has 0 atom stereocenters. The zero-order chi connectivity index (χ0) is 22.2. The standard InChI is InChI=1S/C24H25N3O4S/c28-23-18-3-1-2-17(14-18)15-20-16-19(24(29)26-7-6-22-25-9-13-32-22)4-5-21(20)31-12-11-30-10-8-27-23/h1-5,9,13-14,16H,6-8,10-12,15H2,(H,26,29)(H,27,28). The van der Waals surface area contributed by atoms with Gasteiger partial charge in [0.2, 0.25) is 0 Å². The van der Waals surface area contributed by atoms with Crippen molar-refractivity contribution in [2.45, 2.75) is 12.8 Å². The number of rotatable bonds is 4. The summed E-state index contributed by atoms with van der Waals surface area (Å²) in [4.78, 5) is 29.3. The second kappa shape index (κ2) is 10.9. The maximum atomic E-state index is 12.7. The monoisotopic (exact) mass is 451 g/mol. The number of ether oxygens (including phenoxy) is 2. The minimum absolute atomic E-state index is 0.127. The van der Waals surface area contributed by atoms with Gasteiger partial charge < -0.3 is 20.1 Å². The first-order chi connectivity index (χ1) is 15.7. The third kappa shape index (κ3) is 5.93. The largest absolute Gasteiger partial charge is 0.491 e. The number of thiazole rings is 1. The smallest absolute Gasteiger partial charge is 0.251 e. The van der Waals surface area contributed by atoms with Crippen LogP contribution in [0.2, 0.25) is 0 Å². The average Bonchev–Trinajstić information content (AvgIpc) is 3.32. The molecule has 1 aliphatic heterocycles. The van der Waals surface area contributed by atoms with E-state index in [1.54, 1.807) is 29.7 Å². The minimum Gasteiger partial charge on any atom is -0.491 e. The number of aromatic nitrogens is 1. The van der Waals surface area contributed by atoms with Crippen LogP contribution in [-0.2, 0) is 17.6 Å². The van der Waals surface area contributed by atoms with Crippen molar-refractivity contribution >= 4 is 23.2 Å². The van der Waals surface area contributed by atoms with E-state index in [4.69, 9.17) is 9.47 Å². The Kier molecular flexibility index (Phi) is 7.47. The minimum atomic E-state index is -0.139. The Morgan fingerprint density at radius 1 is 1.16 bits per heavy atom. The van der Waals surface area contributed by atoms with E-state index in [9.17, 15) is 9.59 Å². The van der Waals surface area contributed by atoms with Crippen molar-refractivity contribution in [2.24, 2.45) is 0 Å². The number of hydrogen-bond acceptors (Lipinski definition) is 6. The second-order valence-electron chi connectivity index (χ2n) is 7.35. The van der Waals surface area contributed by atoms with Crippen molar-refractivity contribution in [3.8, 4) is 5.75 Å². The molecule has 3 aromatic rings. The Labute approximate surface area is 190 Å². The second-order valence-corrected chi connectivity index (χ2v) is 8.33. The zero-order valence-corrected chi connectivity index (χ0v) is 18.5.